The number of ether oxygens (including phenoxy) is 2. The summed E-state index contributed by atoms with van der Waals surface area (Å²) in [5.41, 5.74) is 1.42. The summed E-state index contributed by atoms with van der Waals surface area (Å²) in [4.78, 5) is 17.6. The van der Waals surface area contributed by atoms with E-state index in [9.17, 15) is 4.79 Å². The first-order valence-corrected chi connectivity index (χ1v) is 10.8. The molecule has 0 saturated heterocycles. The van der Waals surface area contributed by atoms with Gasteiger partial charge in [-0.1, -0.05) is 23.9 Å². The predicted octanol–water partition coefficient (Wildman–Crippen LogP) is 3.84. The number of aromatic amines is 1. The molecule has 2 N–H and O–H groups in total. The molecule has 1 heterocycles. The third kappa shape index (κ3) is 5.46. The predicted molar refractivity (Wildman–Crippen MR) is 117 cm³/mol. The van der Waals surface area contributed by atoms with E-state index in [-0.39, 0.29) is 11.7 Å². The molecule has 0 radical (unpaired) electrons. The summed E-state index contributed by atoms with van der Waals surface area (Å²) in [5.74, 6) is 2.10. The van der Waals surface area contributed by atoms with Gasteiger partial charge in [0.2, 0.25) is 11.1 Å². The first-order valence-electron chi connectivity index (χ1n) is 8.80. The largest absolute Gasteiger partial charge is 0.497 e. The number of para-hydroxylation sites is 1. The van der Waals surface area contributed by atoms with Crippen LogP contribution in [-0.2, 0) is 4.79 Å². The Kier molecular flexibility index (Phi) is 7.59. The number of amides is 1. The highest BCUT2D eigenvalue weighted by Crippen LogP contribution is 2.32. The monoisotopic (exact) mass is 441 g/mol. The van der Waals surface area contributed by atoms with Gasteiger partial charge in [0.1, 0.15) is 11.5 Å². The maximum Gasteiger partial charge on any atom is 0.234 e. The van der Waals surface area contributed by atoms with Crippen LogP contribution in [0.2, 0.25) is 0 Å². The van der Waals surface area contributed by atoms with Gasteiger partial charge in [0.05, 0.1) is 43.0 Å². The third-order valence-electron chi connectivity index (χ3n) is 3.91. The van der Waals surface area contributed by atoms with Gasteiger partial charge in [-0.15, -0.1) is 16.9 Å². The first kappa shape index (κ1) is 21.5. The molecule has 1 aromatic heterocycles. The van der Waals surface area contributed by atoms with Gasteiger partial charge in [0.25, 0.3) is 0 Å². The van der Waals surface area contributed by atoms with Gasteiger partial charge in [-0.25, -0.2) is 4.98 Å². The van der Waals surface area contributed by atoms with Crippen LogP contribution in [0.1, 0.15) is 0 Å². The lowest BCUT2D eigenvalue weighted by atomic mass is 10.2. The maximum atomic E-state index is 12.4. The number of hydrogen-bond acceptors (Lipinski definition) is 8. The Morgan fingerprint density at radius 3 is 2.80 bits per heavy atom. The molecular formula is C20H19N5O3S2. The molecule has 3 aromatic rings. The Morgan fingerprint density at radius 2 is 2.03 bits per heavy atom. The molecule has 0 atom stereocenters. The van der Waals surface area contributed by atoms with Crippen molar-refractivity contribution >= 4 is 35.1 Å². The molecule has 3 rings (SSSR count). The van der Waals surface area contributed by atoms with Crippen LogP contribution in [0.3, 0.4) is 0 Å². The van der Waals surface area contributed by atoms with Crippen molar-refractivity contribution in [3.63, 3.8) is 0 Å². The van der Waals surface area contributed by atoms with Gasteiger partial charge in [-0.2, -0.15) is 5.26 Å². The van der Waals surface area contributed by atoms with Crippen LogP contribution in [0.4, 0.5) is 5.69 Å². The molecule has 0 bridgehead atoms. The Balaban J connectivity index is 1.62. The fourth-order valence-corrected chi connectivity index (χ4v) is 3.82. The number of nitriles is 1. The van der Waals surface area contributed by atoms with Gasteiger partial charge in [0.15, 0.2) is 5.82 Å². The van der Waals surface area contributed by atoms with Gasteiger partial charge in [-0.3, -0.25) is 9.89 Å². The number of nitrogens with one attached hydrogen (secondary N) is 2. The Hall–Kier alpha value is -3.16. The van der Waals surface area contributed by atoms with Crippen molar-refractivity contribution < 1.29 is 14.3 Å². The lowest BCUT2D eigenvalue weighted by Crippen LogP contribution is -2.14. The summed E-state index contributed by atoms with van der Waals surface area (Å²) in [6.07, 6.45) is 0. The molecule has 0 aliphatic rings. The standard InChI is InChI=1S/C20H19N5O3S2/c1-27-13-7-8-14(16(11-13)28-2)19-23-20(25-24-19)30-12-18(26)22-15-5-3-4-6-17(15)29-10-9-21/h3-8,11H,10,12H2,1-2H3,(H,22,26)(H,23,24,25). The SMILES string of the molecule is COc1ccc(-c2nc(SCC(=O)Nc3ccccc3SCC#N)n[nH]2)c(OC)c1. The average molecular weight is 442 g/mol. The summed E-state index contributed by atoms with van der Waals surface area (Å²) in [6.45, 7) is 0. The Labute approximate surface area is 182 Å². The van der Waals surface area contributed by atoms with Crippen LogP contribution in [0.15, 0.2) is 52.5 Å². The molecule has 0 fully saturated rings. The van der Waals surface area contributed by atoms with Gasteiger partial charge in [0, 0.05) is 11.0 Å². The highest BCUT2D eigenvalue weighted by Gasteiger charge is 2.14. The molecular weight excluding hydrogens is 422 g/mol. The number of methoxy groups -OCH3 is 2. The summed E-state index contributed by atoms with van der Waals surface area (Å²) in [6, 6.07) is 14.9. The van der Waals surface area contributed by atoms with E-state index in [1.165, 1.54) is 23.5 Å². The molecule has 1 amide bonds. The molecule has 0 aliphatic carbocycles. The number of benzene rings is 2. The summed E-state index contributed by atoms with van der Waals surface area (Å²) in [7, 11) is 3.16. The second kappa shape index (κ2) is 10.6. The molecule has 30 heavy (non-hydrogen) atoms. The topological polar surface area (TPSA) is 113 Å². The van der Waals surface area contributed by atoms with Crippen LogP contribution in [-0.4, -0.2) is 46.8 Å². The fourth-order valence-electron chi connectivity index (χ4n) is 2.55. The number of thioether (sulfide) groups is 2. The van der Waals surface area contributed by atoms with Crippen molar-refractivity contribution in [1.82, 2.24) is 15.2 Å². The molecule has 2 aromatic carbocycles. The molecule has 10 heteroatoms. The van der Waals surface area contributed by atoms with Crippen LogP contribution < -0.4 is 14.8 Å². The number of carbonyl (C=O) groups is 1. The molecule has 0 aliphatic heterocycles. The van der Waals surface area contributed by atoms with Crippen LogP contribution >= 0.6 is 23.5 Å². The second-order valence-electron chi connectivity index (χ2n) is 5.81. The van der Waals surface area contributed by atoms with E-state index in [1.54, 1.807) is 20.3 Å². The number of nitrogens with zero attached hydrogens (tertiary/aromatic N) is 3. The zero-order chi connectivity index (χ0) is 21.3. The number of aromatic nitrogens is 3. The minimum Gasteiger partial charge on any atom is -0.497 e. The average Bonchev–Trinajstić information content (AvgIpc) is 3.25. The highest BCUT2D eigenvalue weighted by molar-refractivity contribution is 8.00. The van der Waals surface area contributed by atoms with Gasteiger partial charge >= 0.3 is 0 Å². The van der Waals surface area contributed by atoms with E-state index in [4.69, 9.17) is 14.7 Å². The molecule has 8 nitrogen and oxygen atoms in total. The number of anilines is 1. The summed E-state index contributed by atoms with van der Waals surface area (Å²) >= 11 is 2.60. The number of rotatable bonds is 9. The first-order chi connectivity index (χ1) is 14.6. The number of carbonyl (C=O) groups excluding carboxylic acids is 1. The van der Waals surface area contributed by atoms with E-state index < -0.39 is 0 Å². The number of hydrogen-bond donors (Lipinski definition) is 2. The Morgan fingerprint density at radius 1 is 1.20 bits per heavy atom. The van der Waals surface area contributed by atoms with Crippen molar-refractivity contribution in [2.24, 2.45) is 0 Å². The van der Waals surface area contributed by atoms with Gasteiger partial charge < -0.3 is 14.8 Å². The minimum atomic E-state index is -0.182. The maximum absolute atomic E-state index is 12.4. The highest BCUT2D eigenvalue weighted by atomic mass is 32.2. The van der Waals surface area contributed by atoms with Crippen LogP contribution in [0, 0.1) is 11.3 Å². The normalized spacial score (nSPS) is 10.3. The van der Waals surface area contributed by atoms with Crippen molar-refractivity contribution in [2.45, 2.75) is 10.1 Å². The van der Waals surface area contributed by atoms with Crippen molar-refractivity contribution in [1.29, 1.82) is 5.26 Å². The zero-order valence-corrected chi connectivity index (χ0v) is 18.0. The Bertz CT molecular complexity index is 1060. The molecule has 154 valence electrons. The zero-order valence-electron chi connectivity index (χ0n) is 16.3. The van der Waals surface area contributed by atoms with Crippen molar-refractivity contribution in [3.05, 3.63) is 42.5 Å². The molecule has 0 unspecified atom stereocenters. The van der Waals surface area contributed by atoms with E-state index in [0.29, 0.717) is 33.9 Å². The number of H-pyrrole nitrogens is 1. The molecule has 0 saturated carbocycles. The lowest BCUT2D eigenvalue weighted by molar-refractivity contribution is -0.113. The van der Waals surface area contributed by atoms with Crippen molar-refractivity contribution in [2.75, 3.05) is 31.0 Å². The molecule has 0 spiro atoms. The third-order valence-corrected chi connectivity index (χ3v) is 5.70. The van der Waals surface area contributed by atoms with Crippen LogP contribution in [0.25, 0.3) is 11.4 Å². The second-order valence-corrected chi connectivity index (χ2v) is 7.77. The minimum absolute atomic E-state index is 0.147. The lowest BCUT2D eigenvalue weighted by Gasteiger charge is -2.09. The quantitative estimate of drug-likeness (QED) is 0.482. The smallest absolute Gasteiger partial charge is 0.234 e. The van der Waals surface area contributed by atoms with E-state index in [2.05, 4.69) is 26.6 Å². The van der Waals surface area contributed by atoms with E-state index in [0.717, 1.165) is 10.5 Å². The van der Waals surface area contributed by atoms with E-state index >= 15 is 0 Å². The summed E-state index contributed by atoms with van der Waals surface area (Å²) in [5, 5.41) is 19.1. The van der Waals surface area contributed by atoms with Crippen LogP contribution in [0.5, 0.6) is 11.5 Å². The summed E-state index contributed by atoms with van der Waals surface area (Å²) < 4.78 is 10.6. The van der Waals surface area contributed by atoms with E-state index in [1.807, 2.05) is 36.4 Å². The van der Waals surface area contributed by atoms with Gasteiger partial charge in [-0.05, 0) is 24.3 Å². The van der Waals surface area contributed by atoms with Crippen molar-refractivity contribution in [3.8, 4) is 29.0 Å². The fraction of sp³-hybridized carbons (Fsp3) is 0.200.